The molecule has 2 rings (SSSR count). The van der Waals surface area contributed by atoms with E-state index in [1.807, 2.05) is 0 Å². The van der Waals surface area contributed by atoms with Crippen LogP contribution < -0.4 is 0 Å². The molecular formula is C20H30N2Pt. The summed E-state index contributed by atoms with van der Waals surface area (Å²) >= 11 is 0. The van der Waals surface area contributed by atoms with Crippen LogP contribution in [0.2, 0.25) is 0 Å². The average molecular weight is 494 g/mol. The van der Waals surface area contributed by atoms with Crippen LogP contribution in [0.25, 0.3) is 11.1 Å². The van der Waals surface area contributed by atoms with Gasteiger partial charge < -0.3 is 0 Å². The van der Waals surface area contributed by atoms with Crippen molar-refractivity contribution in [2.75, 3.05) is 0 Å². The predicted octanol–water partition coefficient (Wildman–Crippen LogP) is 5.82. The zero-order valence-corrected chi connectivity index (χ0v) is 17.8. The summed E-state index contributed by atoms with van der Waals surface area (Å²) in [5, 5.41) is 4.97. The molecule has 0 bridgehead atoms. The van der Waals surface area contributed by atoms with Gasteiger partial charge in [-0.05, 0) is 45.6 Å². The molecule has 1 aromatic heterocycles. The van der Waals surface area contributed by atoms with Gasteiger partial charge in [-0.2, -0.15) is 5.10 Å². The summed E-state index contributed by atoms with van der Waals surface area (Å²) < 4.78 is 2.24. The van der Waals surface area contributed by atoms with Crippen molar-refractivity contribution in [3.05, 3.63) is 40.7 Å². The molecule has 1 aromatic carbocycles. The van der Waals surface area contributed by atoms with E-state index in [0.29, 0.717) is 12.0 Å². The van der Waals surface area contributed by atoms with Gasteiger partial charge >= 0.3 is 0 Å². The molecule has 0 radical (unpaired) electrons. The largest absolute Gasteiger partial charge is 0.266 e. The van der Waals surface area contributed by atoms with E-state index in [1.165, 1.54) is 33.6 Å². The fourth-order valence-electron chi connectivity index (χ4n) is 3.29. The molecule has 0 saturated carbocycles. The molecule has 0 fully saturated rings. The van der Waals surface area contributed by atoms with Crippen molar-refractivity contribution < 1.29 is 21.1 Å². The van der Waals surface area contributed by atoms with Gasteiger partial charge in [0.1, 0.15) is 0 Å². The van der Waals surface area contributed by atoms with Gasteiger partial charge in [-0.1, -0.05) is 56.5 Å². The summed E-state index contributed by atoms with van der Waals surface area (Å²) in [6.07, 6.45) is 2.17. The van der Waals surface area contributed by atoms with Gasteiger partial charge in [0.2, 0.25) is 0 Å². The van der Waals surface area contributed by atoms with E-state index in [1.54, 1.807) is 0 Å². The Morgan fingerprint density at radius 3 is 2.00 bits per heavy atom. The molecule has 0 saturated heterocycles. The third kappa shape index (κ3) is 4.35. The number of benzene rings is 1. The summed E-state index contributed by atoms with van der Waals surface area (Å²) in [6.45, 7) is 15.6. The molecule has 0 unspecified atom stereocenters. The third-order valence-electron chi connectivity index (χ3n) is 4.05. The maximum Gasteiger partial charge on any atom is 0.0706 e. The van der Waals surface area contributed by atoms with E-state index in [0.717, 1.165) is 12.8 Å². The van der Waals surface area contributed by atoms with E-state index in [-0.39, 0.29) is 21.1 Å². The molecule has 0 aliphatic heterocycles. The minimum Gasteiger partial charge on any atom is -0.266 e. The Morgan fingerprint density at radius 1 is 1.00 bits per heavy atom. The van der Waals surface area contributed by atoms with Crippen LogP contribution in [0.1, 0.15) is 75.5 Å². The molecule has 130 valence electrons. The second-order valence-corrected chi connectivity index (χ2v) is 7.03. The third-order valence-corrected chi connectivity index (χ3v) is 4.05. The molecule has 0 N–H and O–H groups in total. The standard InChI is InChI=1S/C20H30N2.Pt/c1-8-9-18-19(17-11-15(6)10-16(7)12-17)20(13(2)3)22(21-18)14(4)5;/h10-14H,8-9H2,1-7H3;. The van der Waals surface area contributed by atoms with Crippen molar-refractivity contribution in [2.24, 2.45) is 0 Å². The first-order valence-corrected chi connectivity index (χ1v) is 8.55. The second-order valence-electron chi connectivity index (χ2n) is 7.03. The Bertz CT molecular complexity index is 634. The first-order valence-electron chi connectivity index (χ1n) is 8.55. The smallest absolute Gasteiger partial charge is 0.0706 e. The molecule has 3 heteroatoms. The van der Waals surface area contributed by atoms with Crippen LogP contribution in [0.3, 0.4) is 0 Å². The zero-order valence-electron chi connectivity index (χ0n) is 15.5. The molecule has 0 aliphatic rings. The normalized spacial score (nSPS) is 11.2. The topological polar surface area (TPSA) is 17.8 Å². The van der Waals surface area contributed by atoms with Crippen molar-refractivity contribution >= 4 is 0 Å². The fraction of sp³-hybridized carbons (Fsp3) is 0.550. The van der Waals surface area contributed by atoms with Crippen LogP contribution in [0.4, 0.5) is 0 Å². The molecule has 0 atom stereocenters. The summed E-state index contributed by atoms with van der Waals surface area (Å²) in [5.41, 5.74) is 7.98. The van der Waals surface area contributed by atoms with Crippen LogP contribution in [-0.4, -0.2) is 9.78 Å². The van der Waals surface area contributed by atoms with Crippen LogP contribution in [-0.2, 0) is 27.5 Å². The monoisotopic (exact) mass is 493 g/mol. The average Bonchev–Trinajstić information content (AvgIpc) is 2.77. The Labute approximate surface area is 155 Å². The van der Waals surface area contributed by atoms with E-state index >= 15 is 0 Å². The van der Waals surface area contributed by atoms with Gasteiger partial charge in [0.25, 0.3) is 0 Å². The number of nitrogens with zero attached hydrogens (tertiary/aromatic N) is 2. The van der Waals surface area contributed by atoms with E-state index in [2.05, 4.69) is 71.3 Å². The Hall–Kier alpha value is -0.882. The van der Waals surface area contributed by atoms with Gasteiger partial charge in [0.05, 0.1) is 5.69 Å². The first kappa shape index (κ1) is 20.2. The van der Waals surface area contributed by atoms with E-state index in [4.69, 9.17) is 5.10 Å². The van der Waals surface area contributed by atoms with Gasteiger partial charge in [-0.25, -0.2) is 0 Å². The van der Waals surface area contributed by atoms with Crippen LogP contribution in [0, 0.1) is 13.8 Å². The van der Waals surface area contributed by atoms with Gasteiger partial charge in [-0.3, -0.25) is 4.68 Å². The molecular weight excluding hydrogens is 463 g/mol. The molecule has 1 heterocycles. The molecule has 23 heavy (non-hydrogen) atoms. The van der Waals surface area contributed by atoms with Gasteiger partial charge in [-0.15, -0.1) is 0 Å². The molecule has 2 nitrogen and oxygen atoms in total. The summed E-state index contributed by atoms with van der Waals surface area (Å²) in [7, 11) is 0. The summed E-state index contributed by atoms with van der Waals surface area (Å²) in [5.74, 6) is 0.469. The summed E-state index contributed by atoms with van der Waals surface area (Å²) in [4.78, 5) is 0. The molecule has 0 amide bonds. The summed E-state index contributed by atoms with van der Waals surface area (Å²) in [6, 6.07) is 7.25. The minimum absolute atomic E-state index is 0. The van der Waals surface area contributed by atoms with Crippen LogP contribution in [0.5, 0.6) is 0 Å². The Balaban J connectivity index is 0.00000264. The quantitative estimate of drug-likeness (QED) is 0.513. The van der Waals surface area contributed by atoms with Crippen molar-refractivity contribution in [1.82, 2.24) is 9.78 Å². The number of aromatic nitrogens is 2. The SMILES string of the molecule is CCCc1nn(C(C)C)c(C(C)C)c1-c1cc(C)cc(C)c1.[Pt]. The van der Waals surface area contributed by atoms with Gasteiger partial charge in [0, 0.05) is 38.4 Å². The van der Waals surface area contributed by atoms with Crippen molar-refractivity contribution in [3.8, 4) is 11.1 Å². The number of hydrogen-bond donors (Lipinski definition) is 0. The van der Waals surface area contributed by atoms with Crippen molar-refractivity contribution in [1.29, 1.82) is 0 Å². The van der Waals surface area contributed by atoms with E-state index < -0.39 is 0 Å². The zero-order chi connectivity index (χ0) is 16.4. The molecule has 0 aliphatic carbocycles. The van der Waals surface area contributed by atoms with Crippen molar-refractivity contribution in [3.63, 3.8) is 0 Å². The predicted molar refractivity (Wildman–Crippen MR) is 95.6 cm³/mol. The van der Waals surface area contributed by atoms with Gasteiger partial charge in [0.15, 0.2) is 0 Å². The van der Waals surface area contributed by atoms with E-state index in [9.17, 15) is 0 Å². The fourth-order valence-corrected chi connectivity index (χ4v) is 3.29. The maximum absolute atomic E-state index is 4.97. The number of aryl methyl sites for hydroxylation is 3. The number of rotatable bonds is 5. The van der Waals surface area contributed by atoms with Crippen LogP contribution in [0.15, 0.2) is 18.2 Å². The molecule has 0 spiro atoms. The second kappa shape index (κ2) is 8.29. The molecule has 2 aromatic rings. The maximum atomic E-state index is 4.97. The minimum atomic E-state index is 0. The Kier molecular flexibility index (Phi) is 7.26. The number of hydrogen-bond acceptors (Lipinski definition) is 1. The first-order chi connectivity index (χ1) is 10.3. The van der Waals surface area contributed by atoms with Crippen molar-refractivity contribution in [2.45, 2.75) is 73.3 Å². The Morgan fingerprint density at radius 2 is 1.57 bits per heavy atom. The van der Waals surface area contributed by atoms with Crippen LogP contribution >= 0.6 is 0 Å².